The number of furan rings is 1. The first kappa shape index (κ1) is 29.3. The lowest BCUT2D eigenvalue weighted by Crippen LogP contribution is -2.45. The fourth-order valence-electron chi connectivity index (χ4n) is 5.03. The number of nitriles is 1. The van der Waals surface area contributed by atoms with Gasteiger partial charge in [-0.15, -0.1) is 0 Å². The molecule has 3 aromatic carbocycles. The molecule has 0 aliphatic rings. The predicted octanol–water partition coefficient (Wildman–Crippen LogP) is 5.85. The number of aliphatic hydroxyl groups is 1. The molecular weight excluding hydrogens is 523 g/mol. The van der Waals surface area contributed by atoms with Crippen LogP contribution in [0.3, 0.4) is 0 Å². The summed E-state index contributed by atoms with van der Waals surface area (Å²) < 4.78 is 19.8. The van der Waals surface area contributed by atoms with E-state index in [1.54, 1.807) is 37.3 Å². The van der Waals surface area contributed by atoms with Crippen LogP contribution in [-0.4, -0.2) is 42.2 Å². The molecule has 212 valence electrons. The molecule has 0 spiro atoms. The number of halogens is 1. The standard InChI is InChI=1S/C32H33FN4O4/c1-6-37(18-34)26-16-27-25(28(31(40)35-5)29(41-27)20-10-12-23(33)13-11-20)15-24(26)21-8-7-9-22(14-21)30(39)36-32(3,4)17-19(2)38/h7-16,19,38H,6,17H2,1-5H3,(H,35,40)(H,36,39). The van der Waals surface area contributed by atoms with E-state index < -0.39 is 17.5 Å². The Morgan fingerprint density at radius 3 is 2.41 bits per heavy atom. The maximum Gasteiger partial charge on any atom is 0.255 e. The summed E-state index contributed by atoms with van der Waals surface area (Å²) in [7, 11) is 1.51. The first-order valence-electron chi connectivity index (χ1n) is 13.3. The molecule has 0 radical (unpaired) electrons. The van der Waals surface area contributed by atoms with E-state index in [9.17, 15) is 24.3 Å². The van der Waals surface area contributed by atoms with Crippen LogP contribution in [0.25, 0.3) is 33.4 Å². The zero-order valence-electron chi connectivity index (χ0n) is 23.7. The van der Waals surface area contributed by atoms with Gasteiger partial charge in [-0.2, -0.15) is 5.26 Å². The average Bonchev–Trinajstić information content (AvgIpc) is 3.30. The number of fused-ring (bicyclic) bond motifs is 1. The second-order valence-electron chi connectivity index (χ2n) is 10.6. The topological polar surface area (TPSA) is 119 Å². The van der Waals surface area contributed by atoms with E-state index in [1.165, 1.54) is 36.2 Å². The van der Waals surface area contributed by atoms with Gasteiger partial charge in [0.2, 0.25) is 0 Å². The molecule has 8 nitrogen and oxygen atoms in total. The van der Waals surface area contributed by atoms with E-state index in [2.05, 4.69) is 16.8 Å². The monoisotopic (exact) mass is 556 g/mol. The fourth-order valence-corrected chi connectivity index (χ4v) is 5.03. The van der Waals surface area contributed by atoms with Crippen molar-refractivity contribution in [2.24, 2.45) is 0 Å². The van der Waals surface area contributed by atoms with E-state index in [1.807, 2.05) is 26.8 Å². The summed E-state index contributed by atoms with van der Waals surface area (Å²) in [6, 6.07) is 16.1. The van der Waals surface area contributed by atoms with Crippen molar-refractivity contribution in [2.45, 2.75) is 45.8 Å². The highest BCUT2D eigenvalue weighted by Gasteiger charge is 2.26. The van der Waals surface area contributed by atoms with Crippen LogP contribution < -0.4 is 15.5 Å². The Bertz CT molecular complexity index is 1630. The summed E-state index contributed by atoms with van der Waals surface area (Å²) in [5.41, 5.74) is 2.76. The van der Waals surface area contributed by atoms with Crippen LogP contribution >= 0.6 is 0 Å². The van der Waals surface area contributed by atoms with Crippen molar-refractivity contribution in [1.82, 2.24) is 10.6 Å². The van der Waals surface area contributed by atoms with Crippen molar-refractivity contribution in [3.63, 3.8) is 0 Å². The lowest BCUT2D eigenvalue weighted by Gasteiger charge is -2.27. The summed E-state index contributed by atoms with van der Waals surface area (Å²) in [6.07, 6.45) is 1.99. The molecule has 4 aromatic rings. The molecule has 0 fully saturated rings. The molecule has 1 unspecified atom stereocenters. The van der Waals surface area contributed by atoms with Gasteiger partial charge in [0, 0.05) is 47.3 Å². The molecule has 1 atom stereocenters. The predicted molar refractivity (Wildman–Crippen MR) is 157 cm³/mol. The smallest absolute Gasteiger partial charge is 0.255 e. The van der Waals surface area contributed by atoms with Gasteiger partial charge in [0.25, 0.3) is 11.8 Å². The van der Waals surface area contributed by atoms with E-state index in [-0.39, 0.29) is 23.1 Å². The van der Waals surface area contributed by atoms with Gasteiger partial charge in [0.15, 0.2) is 6.19 Å². The van der Waals surface area contributed by atoms with Gasteiger partial charge in [-0.1, -0.05) is 12.1 Å². The molecule has 0 aliphatic carbocycles. The molecule has 2 amide bonds. The number of amides is 2. The van der Waals surface area contributed by atoms with Crippen molar-refractivity contribution in [2.75, 3.05) is 18.5 Å². The molecule has 0 bridgehead atoms. The third-order valence-corrected chi connectivity index (χ3v) is 6.79. The highest BCUT2D eigenvalue weighted by molar-refractivity contribution is 6.13. The van der Waals surface area contributed by atoms with Gasteiger partial charge >= 0.3 is 0 Å². The van der Waals surface area contributed by atoms with Crippen LogP contribution in [0.4, 0.5) is 10.1 Å². The molecule has 0 saturated carbocycles. The fraction of sp³-hybridized carbons (Fsp3) is 0.281. The summed E-state index contributed by atoms with van der Waals surface area (Å²) in [4.78, 5) is 27.8. The Labute approximate surface area is 238 Å². The highest BCUT2D eigenvalue weighted by atomic mass is 19.1. The zero-order valence-corrected chi connectivity index (χ0v) is 23.7. The molecular formula is C32H33FN4O4. The van der Waals surface area contributed by atoms with Crippen molar-refractivity contribution >= 4 is 28.5 Å². The summed E-state index contributed by atoms with van der Waals surface area (Å²) >= 11 is 0. The Kier molecular flexibility index (Phi) is 8.45. The van der Waals surface area contributed by atoms with E-state index >= 15 is 0 Å². The molecule has 0 aliphatic heterocycles. The summed E-state index contributed by atoms with van der Waals surface area (Å²) in [5.74, 6) is -0.832. The largest absolute Gasteiger partial charge is 0.455 e. The molecule has 3 N–H and O–H groups in total. The number of nitrogens with zero attached hydrogens (tertiary/aromatic N) is 2. The van der Waals surface area contributed by atoms with Crippen LogP contribution in [0, 0.1) is 17.3 Å². The lowest BCUT2D eigenvalue weighted by atomic mass is 9.95. The molecule has 9 heteroatoms. The van der Waals surface area contributed by atoms with Crippen molar-refractivity contribution in [1.29, 1.82) is 5.26 Å². The van der Waals surface area contributed by atoms with Crippen LogP contribution in [0.15, 0.2) is 65.1 Å². The maximum atomic E-state index is 13.6. The number of benzene rings is 3. The Hall–Kier alpha value is -4.68. The molecule has 41 heavy (non-hydrogen) atoms. The highest BCUT2D eigenvalue weighted by Crippen LogP contribution is 2.41. The Balaban J connectivity index is 1.91. The molecule has 1 aromatic heterocycles. The van der Waals surface area contributed by atoms with E-state index in [0.29, 0.717) is 51.9 Å². The van der Waals surface area contributed by atoms with E-state index in [4.69, 9.17) is 4.42 Å². The molecule has 4 rings (SSSR count). The zero-order chi connectivity index (χ0) is 29.9. The molecule has 1 heterocycles. The number of aliphatic hydroxyl groups excluding tert-OH is 1. The van der Waals surface area contributed by atoms with Gasteiger partial charge < -0.3 is 20.2 Å². The van der Waals surface area contributed by atoms with Crippen LogP contribution in [0.2, 0.25) is 0 Å². The van der Waals surface area contributed by atoms with Crippen LogP contribution in [0.1, 0.15) is 54.8 Å². The van der Waals surface area contributed by atoms with Crippen molar-refractivity contribution < 1.29 is 23.5 Å². The Morgan fingerprint density at radius 1 is 1.10 bits per heavy atom. The normalized spacial score (nSPS) is 12.0. The SMILES string of the molecule is CCN(C#N)c1cc2oc(-c3ccc(F)cc3)c(C(=O)NC)c2cc1-c1cccc(C(=O)NC(C)(C)CC(C)O)c1. The quantitative estimate of drug-likeness (QED) is 0.176. The van der Waals surface area contributed by atoms with Gasteiger partial charge in [0.1, 0.15) is 17.2 Å². The van der Waals surface area contributed by atoms with Crippen LogP contribution in [0.5, 0.6) is 0 Å². The number of hydrogen-bond acceptors (Lipinski definition) is 6. The lowest BCUT2D eigenvalue weighted by molar-refractivity contribution is 0.0868. The number of carbonyl (C=O) groups excluding carboxylic acids is 2. The minimum absolute atomic E-state index is 0.274. The maximum absolute atomic E-state index is 13.6. The molecule has 0 saturated heterocycles. The van der Waals surface area contributed by atoms with Gasteiger partial charge in [0.05, 0.1) is 17.4 Å². The first-order chi connectivity index (χ1) is 19.5. The van der Waals surface area contributed by atoms with Gasteiger partial charge in [-0.25, -0.2) is 4.39 Å². The van der Waals surface area contributed by atoms with Crippen molar-refractivity contribution in [3.05, 3.63) is 77.6 Å². The second-order valence-corrected chi connectivity index (χ2v) is 10.6. The minimum Gasteiger partial charge on any atom is -0.455 e. The number of hydrogen-bond donors (Lipinski definition) is 3. The number of rotatable bonds is 9. The average molecular weight is 557 g/mol. The Morgan fingerprint density at radius 2 is 1.80 bits per heavy atom. The van der Waals surface area contributed by atoms with Crippen LogP contribution in [-0.2, 0) is 0 Å². The third-order valence-electron chi connectivity index (χ3n) is 6.79. The van der Waals surface area contributed by atoms with Crippen molar-refractivity contribution in [3.8, 4) is 28.6 Å². The second kappa shape index (κ2) is 11.8. The first-order valence-corrected chi connectivity index (χ1v) is 13.3. The number of carbonyl (C=O) groups is 2. The number of anilines is 1. The van der Waals surface area contributed by atoms with Gasteiger partial charge in [-0.3, -0.25) is 14.5 Å². The van der Waals surface area contributed by atoms with Gasteiger partial charge in [-0.05, 0) is 82.1 Å². The minimum atomic E-state index is -0.638. The number of nitrogens with one attached hydrogen (secondary N) is 2. The van der Waals surface area contributed by atoms with E-state index in [0.717, 1.165) is 0 Å². The third kappa shape index (κ3) is 6.23. The summed E-state index contributed by atoms with van der Waals surface area (Å²) in [5, 5.41) is 25.9. The summed E-state index contributed by atoms with van der Waals surface area (Å²) in [6.45, 7) is 7.57.